The third kappa shape index (κ3) is 8.59. The summed E-state index contributed by atoms with van der Waals surface area (Å²) in [6, 6.07) is 9.03. The largest absolute Gasteiger partial charge is 0.491 e. The van der Waals surface area contributed by atoms with Gasteiger partial charge in [0.25, 0.3) is 5.91 Å². The molecular formula is C41H52N12O8. The number of aromatic nitrogens is 8. The predicted molar refractivity (Wildman–Crippen MR) is 225 cm³/mol. The van der Waals surface area contributed by atoms with Crippen molar-refractivity contribution in [1.82, 2.24) is 38.7 Å². The van der Waals surface area contributed by atoms with E-state index in [9.17, 15) is 29.7 Å². The number of nitrogens with two attached hydrogens (primary N) is 2. The van der Waals surface area contributed by atoms with E-state index in [-0.39, 0.29) is 61.5 Å². The Labute approximate surface area is 350 Å². The van der Waals surface area contributed by atoms with Crippen LogP contribution in [0.4, 0.5) is 11.9 Å². The van der Waals surface area contributed by atoms with Gasteiger partial charge in [-0.25, -0.2) is 9.97 Å². The van der Waals surface area contributed by atoms with E-state index in [4.69, 9.17) is 30.9 Å². The lowest BCUT2D eigenvalue weighted by Gasteiger charge is -2.22. The number of hydrogen-bond donors (Lipinski definition) is 7. The van der Waals surface area contributed by atoms with Crippen LogP contribution in [0.25, 0.3) is 22.1 Å². The number of ether oxygens (including phenoxy) is 2. The van der Waals surface area contributed by atoms with Crippen molar-refractivity contribution in [3.8, 4) is 11.5 Å². The summed E-state index contributed by atoms with van der Waals surface area (Å²) in [5.74, 6) is -0.719. The third-order valence-corrected chi connectivity index (χ3v) is 10.7. The molecule has 324 valence electrons. The summed E-state index contributed by atoms with van der Waals surface area (Å²) in [5, 5.41) is 45.9. The molecule has 0 aliphatic heterocycles. The van der Waals surface area contributed by atoms with Crippen LogP contribution in [-0.4, -0.2) is 98.1 Å². The SMILES string of the molecule is CCn1nc(C)cc1C(=O)Nc1nc2cc(C(N)=O)cc(OCCCO)c2n1C1CCC(n2c(NC(O)c3cc(C)nn3CC)nc3cc(C(N)=O)cc(OCCCO)c32)C1. The van der Waals surface area contributed by atoms with Gasteiger partial charge in [0.15, 0.2) is 6.23 Å². The first-order valence-electron chi connectivity index (χ1n) is 20.4. The Morgan fingerprint density at radius 2 is 1.28 bits per heavy atom. The summed E-state index contributed by atoms with van der Waals surface area (Å²) in [6.07, 6.45) is 0.968. The van der Waals surface area contributed by atoms with E-state index in [2.05, 4.69) is 20.8 Å². The summed E-state index contributed by atoms with van der Waals surface area (Å²) < 4.78 is 19.5. The van der Waals surface area contributed by atoms with Gasteiger partial charge >= 0.3 is 0 Å². The average Bonchev–Trinajstić information content (AvgIpc) is 4.06. The molecule has 20 nitrogen and oxygen atoms in total. The molecule has 61 heavy (non-hydrogen) atoms. The number of nitrogens with one attached hydrogen (secondary N) is 2. The Kier molecular flexibility index (Phi) is 12.6. The number of anilines is 2. The summed E-state index contributed by atoms with van der Waals surface area (Å²) in [5.41, 5.74) is 15.9. The molecule has 2 aromatic carbocycles. The van der Waals surface area contributed by atoms with Gasteiger partial charge in [0, 0.05) is 62.4 Å². The minimum atomic E-state index is -1.24. The molecule has 4 heterocycles. The Morgan fingerprint density at radius 3 is 1.80 bits per heavy atom. The molecule has 1 fully saturated rings. The van der Waals surface area contributed by atoms with Crippen molar-refractivity contribution in [3.05, 3.63) is 70.3 Å². The van der Waals surface area contributed by atoms with Crippen molar-refractivity contribution >= 4 is 51.7 Å². The molecule has 1 saturated carbocycles. The number of carbonyl (C=O) groups is 3. The molecule has 1 aliphatic rings. The molecule has 9 N–H and O–H groups in total. The summed E-state index contributed by atoms with van der Waals surface area (Å²) >= 11 is 0. The monoisotopic (exact) mass is 840 g/mol. The number of rotatable bonds is 19. The summed E-state index contributed by atoms with van der Waals surface area (Å²) in [7, 11) is 0. The standard InChI is InChI=1S/C41H52N12O8/c1-5-50-30(15-22(3)48-50)38(58)46-40-44-28-17-24(36(42)56)19-32(60-13-7-11-54)34(28)52(40)26-9-10-27(21-26)53-35-29(18-25(37(43)57)20-33(35)61-14-8-12-55)45-41(53)47-39(59)31-16-23(4)49-51(31)6-2/h15-20,26-27,38,54-55,58H,5-14,21H2,1-4H3,(H2,42,56)(H2,43,57)(H,44,46)(H,45,47,59). The van der Waals surface area contributed by atoms with E-state index < -0.39 is 23.9 Å². The van der Waals surface area contributed by atoms with Crippen molar-refractivity contribution < 1.29 is 39.2 Å². The van der Waals surface area contributed by atoms with Crippen LogP contribution in [0.3, 0.4) is 0 Å². The van der Waals surface area contributed by atoms with Gasteiger partial charge in [0.1, 0.15) is 28.2 Å². The van der Waals surface area contributed by atoms with Crippen molar-refractivity contribution in [2.45, 2.75) is 91.2 Å². The average molecular weight is 841 g/mol. The first-order chi connectivity index (χ1) is 29.3. The van der Waals surface area contributed by atoms with Gasteiger partial charge in [0.2, 0.25) is 23.7 Å². The maximum Gasteiger partial charge on any atom is 0.276 e. The second-order valence-electron chi connectivity index (χ2n) is 15.0. The van der Waals surface area contributed by atoms with Crippen molar-refractivity contribution in [3.63, 3.8) is 0 Å². The number of carbonyl (C=O) groups excluding carboxylic acids is 3. The second-order valence-corrected chi connectivity index (χ2v) is 15.0. The van der Waals surface area contributed by atoms with Gasteiger partial charge in [-0.2, -0.15) is 10.2 Å². The molecule has 0 saturated heterocycles. The lowest BCUT2D eigenvalue weighted by molar-refractivity contribution is 0.0991. The van der Waals surface area contributed by atoms with Crippen LogP contribution in [0.5, 0.6) is 11.5 Å². The van der Waals surface area contributed by atoms with Crippen LogP contribution < -0.4 is 31.6 Å². The van der Waals surface area contributed by atoms with Crippen molar-refractivity contribution in [2.24, 2.45) is 11.5 Å². The van der Waals surface area contributed by atoms with Gasteiger partial charge in [-0.3, -0.25) is 29.1 Å². The highest BCUT2D eigenvalue weighted by Crippen LogP contribution is 2.47. The van der Waals surface area contributed by atoms with Gasteiger partial charge in [-0.1, -0.05) is 0 Å². The van der Waals surface area contributed by atoms with Gasteiger partial charge in [-0.15, -0.1) is 0 Å². The molecule has 6 aromatic rings. The van der Waals surface area contributed by atoms with Gasteiger partial charge < -0.3 is 50.7 Å². The lowest BCUT2D eigenvalue weighted by Crippen LogP contribution is -2.21. The minimum absolute atomic E-state index is 0.115. The molecule has 0 bridgehead atoms. The first kappa shape index (κ1) is 42.6. The number of primary amides is 2. The Bertz CT molecular complexity index is 2590. The summed E-state index contributed by atoms with van der Waals surface area (Å²) in [4.78, 5) is 48.8. The number of nitrogens with zero attached hydrogens (tertiary/aromatic N) is 8. The zero-order valence-corrected chi connectivity index (χ0v) is 34.6. The number of benzene rings is 2. The van der Waals surface area contributed by atoms with E-state index in [0.29, 0.717) is 95.8 Å². The van der Waals surface area contributed by atoms with E-state index in [1.165, 1.54) is 6.07 Å². The van der Waals surface area contributed by atoms with Crippen molar-refractivity contribution in [1.29, 1.82) is 0 Å². The molecule has 3 amide bonds. The summed E-state index contributed by atoms with van der Waals surface area (Å²) in [6.45, 7) is 8.45. The molecule has 1 aliphatic carbocycles. The Balaban J connectivity index is 1.37. The fraction of sp³-hybridized carbons (Fsp3) is 0.439. The molecule has 3 atom stereocenters. The number of aryl methyl sites for hydroxylation is 4. The number of aliphatic hydroxyl groups excluding tert-OH is 3. The zero-order chi connectivity index (χ0) is 43.5. The number of imidazole rings is 2. The van der Waals surface area contributed by atoms with Crippen LogP contribution in [0, 0.1) is 13.8 Å². The Hall–Kier alpha value is -6.51. The van der Waals surface area contributed by atoms with Crippen LogP contribution in [0.2, 0.25) is 0 Å². The fourth-order valence-electron chi connectivity index (χ4n) is 8.06. The number of hydrogen-bond acceptors (Lipinski definition) is 13. The maximum atomic E-state index is 14.0. The molecule has 4 aromatic heterocycles. The zero-order valence-electron chi connectivity index (χ0n) is 34.6. The van der Waals surface area contributed by atoms with Crippen molar-refractivity contribution in [2.75, 3.05) is 37.1 Å². The topological polar surface area (TPSA) is 278 Å². The highest BCUT2D eigenvalue weighted by molar-refractivity contribution is 6.04. The van der Waals surface area contributed by atoms with Gasteiger partial charge in [0.05, 0.1) is 41.3 Å². The molecule has 7 rings (SSSR count). The van der Waals surface area contributed by atoms with Crippen LogP contribution in [0.15, 0.2) is 36.4 Å². The molecule has 3 unspecified atom stereocenters. The molecule has 20 heteroatoms. The minimum Gasteiger partial charge on any atom is -0.491 e. The fourth-order valence-corrected chi connectivity index (χ4v) is 8.06. The lowest BCUT2D eigenvalue weighted by atomic mass is 10.1. The highest BCUT2D eigenvalue weighted by atomic mass is 16.5. The molecular weight excluding hydrogens is 789 g/mol. The maximum absolute atomic E-state index is 14.0. The van der Waals surface area contributed by atoms with Crippen LogP contribution in [0.1, 0.15) is 113 Å². The number of amides is 3. The number of aliphatic hydroxyl groups is 3. The van der Waals surface area contributed by atoms with Crippen LogP contribution in [-0.2, 0) is 13.1 Å². The normalized spacial score (nSPS) is 15.7. The van der Waals surface area contributed by atoms with Gasteiger partial charge in [-0.05, 0) is 83.4 Å². The Morgan fingerprint density at radius 1 is 0.770 bits per heavy atom. The quantitative estimate of drug-likeness (QED) is 0.0455. The van der Waals surface area contributed by atoms with E-state index in [0.717, 1.165) is 5.69 Å². The van der Waals surface area contributed by atoms with E-state index >= 15 is 0 Å². The predicted octanol–water partition coefficient (Wildman–Crippen LogP) is 3.48. The number of fused-ring (bicyclic) bond motifs is 2. The van der Waals surface area contributed by atoms with E-state index in [1.54, 1.807) is 46.6 Å². The highest BCUT2D eigenvalue weighted by Gasteiger charge is 2.36. The first-order valence-corrected chi connectivity index (χ1v) is 20.4. The van der Waals surface area contributed by atoms with E-state index in [1.807, 2.05) is 29.9 Å². The smallest absolute Gasteiger partial charge is 0.276 e. The third-order valence-electron chi connectivity index (χ3n) is 10.7. The molecule has 0 spiro atoms. The van der Waals surface area contributed by atoms with Crippen LogP contribution >= 0.6 is 0 Å². The molecule has 0 radical (unpaired) electrons. The second kappa shape index (κ2) is 18.0.